The van der Waals surface area contributed by atoms with E-state index in [0.717, 1.165) is 43.6 Å². The zero-order chi connectivity index (χ0) is 17.3. The number of ether oxygens (including phenoxy) is 2. The summed E-state index contributed by atoms with van der Waals surface area (Å²) < 4.78 is 11.4. The fourth-order valence-corrected chi connectivity index (χ4v) is 4.65. The lowest BCUT2D eigenvalue weighted by Gasteiger charge is -2.31. The third-order valence-corrected chi connectivity index (χ3v) is 6.16. The van der Waals surface area contributed by atoms with Gasteiger partial charge in [-0.1, -0.05) is 18.9 Å². The number of nitrogens with two attached hydrogens (primary N) is 1. The van der Waals surface area contributed by atoms with Gasteiger partial charge in [0.25, 0.3) is 0 Å². The zero-order valence-electron chi connectivity index (χ0n) is 15.2. The van der Waals surface area contributed by atoms with Gasteiger partial charge in [-0.05, 0) is 49.8 Å². The first-order valence-corrected chi connectivity index (χ1v) is 9.60. The van der Waals surface area contributed by atoms with Gasteiger partial charge in [0.1, 0.15) is 13.2 Å². The van der Waals surface area contributed by atoms with Gasteiger partial charge >= 0.3 is 0 Å². The second-order valence-electron chi connectivity index (χ2n) is 7.83. The Balaban J connectivity index is 0.00000196. The molecule has 3 N–H and O–H groups in total. The van der Waals surface area contributed by atoms with Crippen LogP contribution in [0.25, 0.3) is 0 Å². The Morgan fingerprint density at radius 1 is 1.15 bits per heavy atom. The van der Waals surface area contributed by atoms with E-state index in [1.165, 1.54) is 18.4 Å². The molecule has 1 aromatic carbocycles. The van der Waals surface area contributed by atoms with Crippen LogP contribution in [-0.2, 0) is 10.2 Å². The third kappa shape index (κ3) is 3.79. The summed E-state index contributed by atoms with van der Waals surface area (Å²) in [6.45, 7) is 1.91. The van der Waals surface area contributed by atoms with Gasteiger partial charge < -0.3 is 20.5 Å². The van der Waals surface area contributed by atoms with Crippen molar-refractivity contribution in [1.82, 2.24) is 5.32 Å². The Labute approximate surface area is 161 Å². The van der Waals surface area contributed by atoms with E-state index in [-0.39, 0.29) is 35.7 Å². The van der Waals surface area contributed by atoms with Gasteiger partial charge in [-0.25, -0.2) is 0 Å². The van der Waals surface area contributed by atoms with E-state index < -0.39 is 0 Å². The molecule has 2 fully saturated rings. The summed E-state index contributed by atoms with van der Waals surface area (Å²) in [5.41, 5.74) is 7.24. The first-order chi connectivity index (χ1) is 12.2. The standard InChI is InChI=1S/C20H28N2O3.ClH/c21-16-5-3-14(11-16)19(23)22-13-20(7-1-2-8-20)15-4-6-17-18(12-15)25-10-9-24-17;/h4,6,12,14,16H,1-3,5,7-11,13,21H2,(H,22,23);1H. The summed E-state index contributed by atoms with van der Waals surface area (Å²) in [5, 5.41) is 3.24. The molecule has 4 rings (SSSR count). The third-order valence-electron chi connectivity index (χ3n) is 6.16. The summed E-state index contributed by atoms with van der Waals surface area (Å²) in [6, 6.07) is 6.48. The number of carbonyl (C=O) groups is 1. The fraction of sp³-hybridized carbons (Fsp3) is 0.650. The molecule has 0 radical (unpaired) electrons. The van der Waals surface area contributed by atoms with Crippen molar-refractivity contribution in [3.05, 3.63) is 23.8 Å². The van der Waals surface area contributed by atoms with Crippen molar-refractivity contribution in [2.24, 2.45) is 11.7 Å². The van der Waals surface area contributed by atoms with Gasteiger partial charge in [0, 0.05) is 23.9 Å². The van der Waals surface area contributed by atoms with Crippen molar-refractivity contribution >= 4 is 18.3 Å². The van der Waals surface area contributed by atoms with Gasteiger partial charge in [0.05, 0.1) is 0 Å². The van der Waals surface area contributed by atoms with Crippen molar-refractivity contribution in [3.8, 4) is 11.5 Å². The first kappa shape index (κ1) is 19.3. The van der Waals surface area contributed by atoms with Crippen LogP contribution in [0.4, 0.5) is 0 Å². The van der Waals surface area contributed by atoms with E-state index in [2.05, 4.69) is 17.4 Å². The van der Waals surface area contributed by atoms with Crippen LogP contribution >= 0.6 is 12.4 Å². The van der Waals surface area contributed by atoms with Crippen LogP contribution in [0.1, 0.15) is 50.5 Å². The van der Waals surface area contributed by atoms with Crippen molar-refractivity contribution < 1.29 is 14.3 Å². The average molecular weight is 381 g/mol. The number of carbonyl (C=O) groups excluding carboxylic acids is 1. The van der Waals surface area contributed by atoms with E-state index in [0.29, 0.717) is 19.8 Å². The molecule has 5 nitrogen and oxygen atoms in total. The number of rotatable bonds is 4. The topological polar surface area (TPSA) is 73.6 Å². The average Bonchev–Trinajstić information content (AvgIpc) is 3.29. The van der Waals surface area contributed by atoms with Crippen LogP contribution in [0.2, 0.25) is 0 Å². The van der Waals surface area contributed by atoms with Gasteiger partial charge in [0.2, 0.25) is 5.91 Å². The number of nitrogens with one attached hydrogen (secondary N) is 1. The molecule has 26 heavy (non-hydrogen) atoms. The number of hydrogen-bond acceptors (Lipinski definition) is 4. The minimum atomic E-state index is 0. The Morgan fingerprint density at radius 2 is 1.88 bits per heavy atom. The van der Waals surface area contributed by atoms with Gasteiger partial charge in [-0.3, -0.25) is 4.79 Å². The van der Waals surface area contributed by atoms with E-state index in [1.807, 2.05) is 6.07 Å². The van der Waals surface area contributed by atoms with Crippen LogP contribution < -0.4 is 20.5 Å². The van der Waals surface area contributed by atoms with Crippen LogP contribution in [0.5, 0.6) is 11.5 Å². The molecule has 0 saturated heterocycles. The molecule has 2 saturated carbocycles. The predicted molar refractivity (Wildman–Crippen MR) is 103 cm³/mol. The van der Waals surface area contributed by atoms with Crippen LogP contribution in [0, 0.1) is 5.92 Å². The number of halogens is 1. The maximum Gasteiger partial charge on any atom is 0.223 e. The van der Waals surface area contributed by atoms with Gasteiger partial charge in [-0.2, -0.15) is 0 Å². The van der Waals surface area contributed by atoms with E-state index in [9.17, 15) is 4.79 Å². The second kappa shape index (κ2) is 8.05. The van der Waals surface area contributed by atoms with Crippen molar-refractivity contribution in [2.45, 2.75) is 56.4 Å². The lowest BCUT2D eigenvalue weighted by atomic mass is 9.78. The molecule has 1 heterocycles. The quantitative estimate of drug-likeness (QED) is 0.842. The highest BCUT2D eigenvalue weighted by molar-refractivity contribution is 5.85. The van der Waals surface area contributed by atoms with Crippen molar-refractivity contribution in [1.29, 1.82) is 0 Å². The number of hydrogen-bond donors (Lipinski definition) is 2. The second-order valence-corrected chi connectivity index (χ2v) is 7.83. The highest BCUT2D eigenvalue weighted by atomic mass is 35.5. The maximum absolute atomic E-state index is 12.5. The highest BCUT2D eigenvalue weighted by Gasteiger charge is 2.38. The van der Waals surface area contributed by atoms with Crippen molar-refractivity contribution in [2.75, 3.05) is 19.8 Å². The molecule has 1 aromatic rings. The predicted octanol–water partition coefficient (Wildman–Crippen LogP) is 2.94. The van der Waals surface area contributed by atoms with Gasteiger partial charge in [-0.15, -0.1) is 12.4 Å². The van der Waals surface area contributed by atoms with Crippen LogP contribution in [0.3, 0.4) is 0 Å². The molecule has 2 aliphatic carbocycles. The fourth-order valence-electron chi connectivity index (χ4n) is 4.65. The number of benzene rings is 1. The minimum absolute atomic E-state index is 0. The Kier molecular flexibility index (Phi) is 5.98. The number of fused-ring (bicyclic) bond motifs is 1. The molecule has 2 unspecified atom stereocenters. The SMILES string of the molecule is Cl.NC1CCC(C(=O)NCC2(c3ccc4c(c3)OCCO4)CCCC2)C1. The Bertz CT molecular complexity index is 646. The van der Waals surface area contributed by atoms with E-state index in [4.69, 9.17) is 15.2 Å². The molecule has 144 valence electrons. The molecule has 3 aliphatic rings. The normalized spacial score (nSPS) is 26.2. The first-order valence-electron chi connectivity index (χ1n) is 9.60. The summed E-state index contributed by atoms with van der Waals surface area (Å²) in [5.74, 6) is 1.93. The largest absolute Gasteiger partial charge is 0.486 e. The Morgan fingerprint density at radius 3 is 2.58 bits per heavy atom. The molecule has 0 bridgehead atoms. The van der Waals surface area contributed by atoms with Crippen molar-refractivity contribution in [3.63, 3.8) is 0 Å². The van der Waals surface area contributed by atoms with E-state index >= 15 is 0 Å². The molecule has 1 aliphatic heterocycles. The van der Waals surface area contributed by atoms with E-state index in [1.54, 1.807) is 0 Å². The zero-order valence-corrected chi connectivity index (χ0v) is 16.0. The monoisotopic (exact) mass is 380 g/mol. The summed E-state index contributed by atoms with van der Waals surface area (Å²) in [7, 11) is 0. The summed E-state index contributed by atoms with van der Waals surface area (Å²) in [6.07, 6.45) is 7.34. The summed E-state index contributed by atoms with van der Waals surface area (Å²) in [4.78, 5) is 12.5. The molecular weight excluding hydrogens is 352 g/mol. The molecular formula is C20H29ClN2O3. The summed E-state index contributed by atoms with van der Waals surface area (Å²) >= 11 is 0. The smallest absolute Gasteiger partial charge is 0.223 e. The highest BCUT2D eigenvalue weighted by Crippen LogP contribution is 2.44. The maximum atomic E-state index is 12.5. The van der Waals surface area contributed by atoms with Crippen LogP contribution in [-0.4, -0.2) is 31.7 Å². The number of amides is 1. The molecule has 6 heteroatoms. The molecule has 1 amide bonds. The Hall–Kier alpha value is -1.46. The lowest BCUT2D eigenvalue weighted by molar-refractivity contribution is -0.125. The molecule has 0 aromatic heterocycles. The minimum Gasteiger partial charge on any atom is -0.486 e. The molecule has 0 spiro atoms. The van der Waals surface area contributed by atoms with Crippen LogP contribution in [0.15, 0.2) is 18.2 Å². The van der Waals surface area contributed by atoms with Gasteiger partial charge in [0.15, 0.2) is 11.5 Å². The lowest BCUT2D eigenvalue weighted by Crippen LogP contribution is -2.41. The molecule has 2 atom stereocenters.